The van der Waals surface area contributed by atoms with Gasteiger partial charge in [0.15, 0.2) is 11.7 Å². The number of carbonyl (C=O) groups is 1. The molecular formula is C20H20N2O3S. The molecule has 0 spiro atoms. The molecule has 0 aliphatic heterocycles. The minimum atomic E-state index is -0.233. The number of thiazole rings is 1. The van der Waals surface area contributed by atoms with Gasteiger partial charge in [-0.1, -0.05) is 18.2 Å². The molecule has 0 aliphatic rings. The molecule has 0 saturated carbocycles. The maximum Gasteiger partial charge on any atom is 0.264 e. The highest BCUT2D eigenvalue weighted by Crippen LogP contribution is 2.26. The van der Waals surface area contributed by atoms with Gasteiger partial charge in [-0.05, 0) is 49.2 Å². The second-order valence-corrected chi connectivity index (χ2v) is 6.68. The van der Waals surface area contributed by atoms with E-state index in [4.69, 9.17) is 9.47 Å². The predicted molar refractivity (Wildman–Crippen MR) is 104 cm³/mol. The minimum absolute atomic E-state index is 0.0524. The molecule has 0 bridgehead atoms. The van der Waals surface area contributed by atoms with Gasteiger partial charge < -0.3 is 9.47 Å². The standard InChI is InChI=1S/C20H20N2O3S/c1-13-5-4-6-14(2)19(13)25-11-18(23)22-20-21-17(12-26-20)15-7-9-16(24-3)10-8-15/h4-10,12H,11H2,1-3H3,(H,21,22,23). The van der Waals surface area contributed by atoms with E-state index < -0.39 is 0 Å². The number of methoxy groups -OCH3 is 1. The van der Waals surface area contributed by atoms with Crippen LogP contribution in [0.2, 0.25) is 0 Å². The molecule has 0 atom stereocenters. The van der Waals surface area contributed by atoms with E-state index in [1.807, 2.05) is 61.7 Å². The molecule has 0 radical (unpaired) electrons. The number of amides is 1. The lowest BCUT2D eigenvalue weighted by Gasteiger charge is -2.11. The fourth-order valence-corrected chi connectivity index (χ4v) is 3.28. The molecular weight excluding hydrogens is 348 g/mol. The molecule has 134 valence electrons. The zero-order valence-corrected chi connectivity index (χ0v) is 15.7. The lowest BCUT2D eigenvalue weighted by atomic mass is 10.1. The van der Waals surface area contributed by atoms with Crippen molar-refractivity contribution in [3.63, 3.8) is 0 Å². The molecule has 3 aromatic rings. The van der Waals surface area contributed by atoms with E-state index in [-0.39, 0.29) is 12.5 Å². The van der Waals surface area contributed by atoms with Crippen LogP contribution < -0.4 is 14.8 Å². The van der Waals surface area contributed by atoms with Crippen molar-refractivity contribution in [2.24, 2.45) is 0 Å². The summed E-state index contributed by atoms with van der Waals surface area (Å²) in [7, 11) is 1.63. The highest BCUT2D eigenvalue weighted by molar-refractivity contribution is 7.14. The first-order valence-electron chi connectivity index (χ1n) is 8.15. The second kappa shape index (κ2) is 8.01. The minimum Gasteiger partial charge on any atom is -0.497 e. The van der Waals surface area contributed by atoms with E-state index in [0.717, 1.165) is 33.9 Å². The van der Waals surface area contributed by atoms with Crippen LogP contribution in [-0.2, 0) is 4.79 Å². The number of hydrogen-bond donors (Lipinski definition) is 1. The Morgan fingerprint density at radius 1 is 1.12 bits per heavy atom. The summed E-state index contributed by atoms with van der Waals surface area (Å²) in [4.78, 5) is 16.6. The van der Waals surface area contributed by atoms with Crippen LogP contribution in [0.1, 0.15) is 11.1 Å². The summed E-state index contributed by atoms with van der Waals surface area (Å²) in [6.45, 7) is 3.87. The number of carbonyl (C=O) groups excluding carboxylic acids is 1. The van der Waals surface area contributed by atoms with Crippen LogP contribution in [-0.4, -0.2) is 24.6 Å². The van der Waals surface area contributed by atoms with Crippen molar-refractivity contribution in [3.8, 4) is 22.8 Å². The number of hydrogen-bond acceptors (Lipinski definition) is 5. The van der Waals surface area contributed by atoms with Crippen LogP contribution in [0.3, 0.4) is 0 Å². The summed E-state index contributed by atoms with van der Waals surface area (Å²) in [6.07, 6.45) is 0. The van der Waals surface area contributed by atoms with E-state index in [1.54, 1.807) is 7.11 Å². The zero-order chi connectivity index (χ0) is 18.5. The van der Waals surface area contributed by atoms with E-state index in [9.17, 15) is 4.79 Å². The van der Waals surface area contributed by atoms with Crippen molar-refractivity contribution in [1.29, 1.82) is 0 Å². The van der Waals surface area contributed by atoms with Crippen LogP contribution in [0.15, 0.2) is 47.8 Å². The Morgan fingerprint density at radius 2 is 1.81 bits per heavy atom. The first-order chi connectivity index (χ1) is 12.6. The average molecular weight is 368 g/mol. The van der Waals surface area contributed by atoms with E-state index in [1.165, 1.54) is 11.3 Å². The van der Waals surface area contributed by atoms with Crippen LogP contribution in [0, 0.1) is 13.8 Å². The first kappa shape index (κ1) is 17.9. The summed E-state index contributed by atoms with van der Waals surface area (Å²) in [5, 5.41) is 5.24. The number of ether oxygens (including phenoxy) is 2. The molecule has 6 heteroatoms. The number of para-hydroxylation sites is 1. The lowest BCUT2D eigenvalue weighted by Crippen LogP contribution is -2.20. The first-order valence-corrected chi connectivity index (χ1v) is 9.03. The predicted octanol–water partition coefficient (Wildman–Crippen LogP) is 4.45. The topological polar surface area (TPSA) is 60.5 Å². The van der Waals surface area contributed by atoms with Gasteiger partial charge in [-0.3, -0.25) is 10.1 Å². The Labute approximate surface area is 156 Å². The van der Waals surface area contributed by atoms with Crippen molar-refractivity contribution >= 4 is 22.4 Å². The smallest absolute Gasteiger partial charge is 0.264 e. The third-order valence-electron chi connectivity index (χ3n) is 3.89. The van der Waals surface area contributed by atoms with Crippen molar-refractivity contribution in [2.45, 2.75) is 13.8 Å². The molecule has 3 rings (SSSR count). The third-order valence-corrected chi connectivity index (χ3v) is 4.65. The van der Waals surface area contributed by atoms with Gasteiger partial charge in [0, 0.05) is 10.9 Å². The van der Waals surface area contributed by atoms with E-state index in [0.29, 0.717) is 5.13 Å². The molecule has 1 amide bonds. The normalized spacial score (nSPS) is 10.4. The number of anilines is 1. The van der Waals surface area contributed by atoms with Gasteiger partial charge >= 0.3 is 0 Å². The summed E-state index contributed by atoms with van der Waals surface area (Å²) >= 11 is 1.38. The zero-order valence-electron chi connectivity index (χ0n) is 14.9. The summed E-state index contributed by atoms with van der Waals surface area (Å²) < 4.78 is 10.8. The maximum atomic E-state index is 12.2. The Morgan fingerprint density at radius 3 is 2.46 bits per heavy atom. The largest absolute Gasteiger partial charge is 0.497 e. The van der Waals surface area contributed by atoms with E-state index >= 15 is 0 Å². The maximum absolute atomic E-state index is 12.2. The highest BCUT2D eigenvalue weighted by Gasteiger charge is 2.10. The van der Waals surface area contributed by atoms with Gasteiger partial charge in [0.1, 0.15) is 11.5 Å². The Kier molecular flexibility index (Phi) is 5.53. The molecule has 0 aliphatic carbocycles. The van der Waals surface area contributed by atoms with Crippen LogP contribution in [0.25, 0.3) is 11.3 Å². The van der Waals surface area contributed by atoms with Gasteiger partial charge in [-0.25, -0.2) is 4.98 Å². The SMILES string of the molecule is COc1ccc(-c2csc(NC(=O)COc3c(C)cccc3C)n2)cc1. The van der Waals surface area contributed by atoms with Gasteiger partial charge in [-0.2, -0.15) is 0 Å². The second-order valence-electron chi connectivity index (χ2n) is 5.82. The number of nitrogens with one attached hydrogen (secondary N) is 1. The molecule has 1 aromatic heterocycles. The molecule has 26 heavy (non-hydrogen) atoms. The summed E-state index contributed by atoms with van der Waals surface area (Å²) in [5.41, 5.74) is 3.79. The Balaban J connectivity index is 1.60. The summed E-state index contributed by atoms with van der Waals surface area (Å²) in [6, 6.07) is 13.5. The number of aromatic nitrogens is 1. The van der Waals surface area contributed by atoms with Crippen molar-refractivity contribution in [1.82, 2.24) is 4.98 Å². The van der Waals surface area contributed by atoms with Gasteiger partial charge in [0.05, 0.1) is 12.8 Å². The summed E-state index contributed by atoms with van der Waals surface area (Å²) in [5.74, 6) is 1.31. The van der Waals surface area contributed by atoms with Crippen molar-refractivity contribution in [2.75, 3.05) is 19.0 Å². The lowest BCUT2D eigenvalue weighted by molar-refractivity contribution is -0.118. The average Bonchev–Trinajstić information content (AvgIpc) is 3.10. The van der Waals surface area contributed by atoms with Crippen LogP contribution >= 0.6 is 11.3 Å². The van der Waals surface area contributed by atoms with Crippen LogP contribution in [0.4, 0.5) is 5.13 Å². The molecule has 1 heterocycles. The number of benzene rings is 2. The molecule has 5 nitrogen and oxygen atoms in total. The number of aryl methyl sites for hydroxylation is 2. The van der Waals surface area contributed by atoms with Gasteiger partial charge in [-0.15, -0.1) is 11.3 Å². The molecule has 0 saturated heterocycles. The van der Waals surface area contributed by atoms with Crippen molar-refractivity contribution in [3.05, 3.63) is 59.0 Å². The molecule has 2 aromatic carbocycles. The third kappa shape index (κ3) is 4.21. The van der Waals surface area contributed by atoms with Gasteiger partial charge in [0.2, 0.25) is 0 Å². The molecule has 1 N–H and O–H groups in total. The Bertz CT molecular complexity index is 883. The highest BCUT2D eigenvalue weighted by atomic mass is 32.1. The van der Waals surface area contributed by atoms with E-state index in [2.05, 4.69) is 10.3 Å². The Hall–Kier alpha value is -2.86. The quantitative estimate of drug-likeness (QED) is 0.698. The number of nitrogens with zero attached hydrogens (tertiary/aromatic N) is 1. The van der Waals surface area contributed by atoms with Crippen LogP contribution in [0.5, 0.6) is 11.5 Å². The molecule has 0 fully saturated rings. The monoisotopic (exact) mass is 368 g/mol. The number of rotatable bonds is 6. The van der Waals surface area contributed by atoms with Gasteiger partial charge in [0.25, 0.3) is 5.91 Å². The fourth-order valence-electron chi connectivity index (χ4n) is 2.55. The molecule has 0 unspecified atom stereocenters. The van der Waals surface area contributed by atoms with Crippen molar-refractivity contribution < 1.29 is 14.3 Å². The fraction of sp³-hybridized carbons (Fsp3) is 0.200.